The normalized spacial score (nSPS) is 23.1. The monoisotopic (exact) mass is 222 g/mol. The van der Waals surface area contributed by atoms with E-state index in [9.17, 15) is 18.7 Å². The Balaban J connectivity index is 0.00000112. The van der Waals surface area contributed by atoms with Gasteiger partial charge in [-0.15, -0.1) is 0 Å². The Morgan fingerprint density at radius 1 is 1.40 bits per heavy atom. The molecule has 0 bridgehead atoms. The molecule has 1 aliphatic rings. The summed E-state index contributed by atoms with van der Waals surface area (Å²) in [4.78, 5) is 10.3. The zero-order valence-electron chi connectivity index (χ0n) is 7.87. The van der Waals surface area contributed by atoms with Crippen molar-refractivity contribution in [2.45, 2.75) is 12.2 Å². The summed E-state index contributed by atoms with van der Waals surface area (Å²) in [7, 11) is 0. The molecule has 0 aromatic heterocycles. The number of ether oxygens (including phenoxy) is 1. The Hall–Kier alpha value is -0.490. The number of aliphatic carboxylic acids is 1. The summed E-state index contributed by atoms with van der Waals surface area (Å²) in [5.74, 6) is -3.50. The molecule has 2 unspecified atom stereocenters. The van der Waals surface area contributed by atoms with Crippen LogP contribution in [-0.2, 0) is 9.53 Å². The van der Waals surface area contributed by atoms with Crippen LogP contribution in [0.5, 0.6) is 0 Å². The van der Waals surface area contributed by atoms with E-state index in [1.165, 1.54) is 12.1 Å². The van der Waals surface area contributed by atoms with Crippen LogP contribution in [0.15, 0.2) is 18.2 Å². The van der Waals surface area contributed by atoms with Crippen molar-refractivity contribution in [3.05, 3.63) is 35.4 Å². The Kier molecular flexibility index (Phi) is 3.83. The molecule has 1 saturated heterocycles. The third-order valence-electron chi connectivity index (χ3n) is 2.01. The molecule has 2 atom stereocenters. The Morgan fingerprint density at radius 2 is 2.07 bits per heavy atom. The number of carbonyl (C=O) groups excluding carboxylic acids is 1. The molecule has 1 aromatic carbocycles. The number of carboxylic acid groups (broad SMARTS) is 1. The molecule has 0 aliphatic carbocycles. The Morgan fingerprint density at radius 3 is 2.60 bits per heavy atom. The molecule has 6 heteroatoms. The smallest absolute Gasteiger partial charge is 0.547 e. The van der Waals surface area contributed by atoms with Crippen LogP contribution in [0.3, 0.4) is 0 Å². The van der Waals surface area contributed by atoms with Gasteiger partial charge in [0.15, 0.2) is 11.6 Å². The van der Waals surface area contributed by atoms with Crippen LogP contribution in [0.4, 0.5) is 8.78 Å². The quantitative estimate of drug-likeness (QED) is 0.400. The minimum Gasteiger partial charge on any atom is -0.547 e. The molecule has 0 N–H and O–H groups in total. The van der Waals surface area contributed by atoms with E-state index < -0.39 is 29.8 Å². The summed E-state index contributed by atoms with van der Waals surface area (Å²) in [5, 5.41) is 10.3. The molecule has 3 nitrogen and oxygen atoms in total. The van der Waals surface area contributed by atoms with E-state index in [0.717, 1.165) is 6.07 Å². The number of carbonyl (C=O) groups is 1. The van der Waals surface area contributed by atoms with E-state index >= 15 is 0 Å². The third-order valence-corrected chi connectivity index (χ3v) is 2.01. The van der Waals surface area contributed by atoms with Crippen molar-refractivity contribution in [3.63, 3.8) is 0 Å². The first-order chi connectivity index (χ1) is 6.61. The van der Waals surface area contributed by atoms with Crippen molar-refractivity contribution in [2.75, 3.05) is 0 Å². The maximum Gasteiger partial charge on any atom is 1.00 e. The van der Waals surface area contributed by atoms with Crippen LogP contribution in [0.25, 0.3) is 0 Å². The van der Waals surface area contributed by atoms with Crippen molar-refractivity contribution in [1.82, 2.24) is 0 Å². The van der Waals surface area contributed by atoms with E-state index in [1.807, 2.05) is 0 Å². The van der Waals surface area contributed by atoms with E-state index in [0.29, 0.717) is 0 Å². The Labute approximate surface area is 106 Å². The first kappa shape index (κ1) is 12.6. The van der Waals surface area contributed by atoms with Gasteiger partial charge in [-0.3, -0.25) is 0 Å². The molecule has 0 saturated carbocycles. The second-order valence-electron chi connectivity index (χ2n) is 2.94. The topological polar surface area (TPSA) is 52.7 Å². The van der Waals surface area contributed by atoms with Gasteiger partial charge in [0.05, 0.1) is 5.97 Å². The SMILES string of the molecule is O=C([O-])C1OC1c1cccc(F)c1F.[Na+]. The summed E-state index contributed by atoms with van der Waals surface area (Å²) in [6.07, 6.45) is -2.08. The molecule has 2 rings (SSSR count). The van der Waals surface area contributed by atoms with Gasteiger partial charge >= 0.3 is 29.6 Å². The maximum absolute atomic E-state index is 13.1. The fourth-order valence-electron chi connectivity index (χ4n) is 1.27. The number of hydrogen-bond acceptors (Lipinski definition) is 3. The fourth-order valence-corrected chi connectivity index (χ4v) is 1.27. The number of rotatable bonds is 2. The van der Waals surface area contributed by atoms with Gasteiger partial charge in [-0.25, -0.2) is 8.78 Å². The van der Waals surface area contributed by atoms with Crippen molar-refractivity contribution in [2.24, 2.45) is 0 Å². The Bertz CT molecular complexity index is 397. The predicted octanol–water partition coefficient (Wildman–Crippen LogP) is -2.84. The summed E-state index contributed by atoms with van der Waals surface area (Å²) in [5.41, 5.74) is -0.0841. The number of benzene rings is 1. The van der Waals surface area contributed by atoms with Crippen LogP contribution in [-0.4, -0.2) is 12.1 Å². The van der Waals surface area contributed by atoms with Crippen molar-refractivity contribution < 1.29 is 53.0 Å². The van der Waals surface area contributed by atoms with Gasteiger partial charge in [-0.1, -0.05) is 12.1 Å². The summed E-state index contributed by atoms with van der Waals surface area (Å²) in [6.45, 7) is 0. The number of halogens is 2. The maximum atomic E-state index is 13.1. The predicted molar refractivity (Wildman–Crippen MR) is 39.0 cm³/mol. The number of carboxylic acids is 1. The second kappa shape index (κ2) is 4.57. The number of hydrogen-bond donors (Lipinski definition) is 0. The van der Waals surface area contributed by atoms with Gasteiger partial charge in [0.1, 0.15) is 12.2 Å². The standard InChI is InChI=1S/C9H6F2O3.Na/c10-5-3-1-2-4(6(5)11)7-8(14-7)9(12)13;/h1-3,7-8H,(H,12,13);/q;+1/p-1. The molecule has 0 spiro atoms. The van der Waals surface area contributed by atoms with E-state index in [4.69, 9.17) is 0 Å². The summed E-state index contributed by atoms with van der Waals surface area (Å²) < 4.78 is 30.4. The number of epoxide rings is 1. The second-order valence-corrected chi connectivity index (χ2v) is 2.94. The van der Waals surface area contributed by atoms with Crippen molar-refractivity contribution in [3.8, 4) is 0 Å². The van der Waals surface area contributed by atoms with Gasteiger partial charge in [0, 0.05) is 5.56 Å². The van der Waals surface area contributed by atoms with Gasteiger partial charge in [-0.2, -0.15) is 0 Å². The largest absolute Gasteiger partial charge is 1.00 e. The fraction of sp³-hybridized carbons (Fsp3) is 0.222. The minimum atomic E-state index is -1.42. The van der Waals surface area contributed by atoms with E-state index in [-0.39, 0.29) is 35.1 Å². The molecule has 1 heterocycles. The third kappa shape index (κ3) is 2.36. The minimum absolute atomic E-state index is 0. The molecule has 1 fully saturated rings. The van der Waals surface area contributed by atoms with Gasteiger partial charge in [0.2, 0.25) is 0 Å². The molecule has 0 amide bonds. The molecular formula is C9H5F2NaO3. The van der Waals surface area contributed by atoms with Crippen LogP contribution >= 0.6 is 0 Å². The van der Waals surface area contributed by atoms with E-state index in [1.54, 1.807) is 0 Å². The first-order valence-electron chi connectivity index (χ1n) is 3.91. The van der Waals surface area contributed by atoms with E-state index in [2.05, 4.69) is 4.74 Å². The molecule has 0 radical (unpaired) electrons. The zero-order chi connectivity index (χ0) is 10.3. The van der Waals surface area contributed by atoms with Gasteiger partial charge < -0.3 is 14.6 Å². The molecule has 1 aromatic rings. The van der Waals surface area contributed by atoms with Crippen molar-refractivity contribution >= 4 is 5.97 Å². The van der Waals surface area contributed by atoms with Crippen LogP contribution in [0, 0.1) is 11.6 Å². The summed E-state index contributed by atoms with van der Waals surface area (Å²) >= 11 is 0. The van der Waals surface area contributed by atoms with Gasteiger partial charge in [0.25, 0.3) is 0 Å². The molecular weight excluding hydrogens is 217 g/mol. The average Bonchev–Trinajstić information content (AvgIpc) is 2.89. The summed E-state index contributed by atoms with van der Waals surface area (Å²) in [6, 6.07) is 3.53. The zero-order valence-corrected chi connectivity index (χ0v) is 9.87. The molecule has 15 heavy (non-hydrogen) atoms. The average molecular weight is 222 g/mol. The van der Waals surface area contributed by atoms with Crippen LogP contribution in [0.2, 0.25) is 0 Å². The van der Waals surface area contributed by atoms with Gasteiger partial charge in [-0.05, 0) is 6.07 Å². The molecule has 74 valence electrons. The van der Waals surface area contributed by atoms with Crippen molar-refractivity contribution in [1.29, 1.82) is 0 Å². The van der Waals surface area contributed by atoms with Crippen LogP contribution < -0.4 is 34.7 Å². The first-order valence-corrected chi connectivity index (χ1v) is 3.91. The van der Waals surface area contributed by atoms with Crippen LogP contribution in [0.1, 0.15) is 11.7 Å². The molecule has 1 aliphatic heterocycles.